The quantitative estimate of drug-likeness (QED) is 0.754. The third-order valence-corrected chi connectivity index (χ3v) is 5.91. The zero-order valence-electron chi connectivity index (χ0n) is 13.6. The molecular weight excluding hydrogens is 314 g/mol. The third kappa shape index (κ3) is 3.80. The smallest absolute Gasteiger partial charge is 0.241 e. The number of rotatable bonds is 2. The minimum absolute atomic E-state index is 0.107. The van der Waals surface area contributed by atoms with Gasteiger partial charge in [-0.1, -0.05) is 6.92 Å². The fourth-order valence-corrected chi connectivity index (χ4v) is 4.31. The van der Waals surface area contributed by atoms with E-state index in [1.807, 2.05) is 18.0 Å². The first-order chi connectivity index (χ1) is 11.0. The maximum atomic E-state index is 11.9. The van der Waals surface area contributed by atoms with Gasteiger partial charge in [0.2, 0.25) is 5.91 Å². The summed E-state index contributed by atoms with van der Waals surface area (Å²) in [6.07, 6.45) is 1.56. The monoisotopic (exact) mass is 337 g/mol. The number of hydrogen-bond donors (Lipinski definition) is 0. The molecule has 7 nitrogen and oxygen atoms in total. The second kappa shape index (κ2) is 6.82. The predicted octanol–water partition coefficient (Wildman–Crippen LogP) is -0.0402. The van der Waals surface area contributed by atoms with Crippen LogP contribution in [0.2, 0.25) is 0 Å². The summed E-state index contributed by atoms with van der Waals surface area (Å²) in [4.78, 5) is 26.5. The van der Waals surface area contributed by atoms with Gasteiger partial charge in [-0.3, -0.25) is 9.00 Å². The van der Waals surface area contributed by atoms with E-state index in [9.17, 15) is 9.00 Å². The highest BCUT2D eigenvalue weighted by molar-refractivity contribution is 7.85. The topological polar surface area (TPSA) is 69.6 Å². The minimum atomic E-state index is -0.746. The number of carbonyl (C=O) groups is 1. The van der Waals surface area contributed by atoms with Crippen molar-refractivity contribution in [1.29, 1.82) is 0 Å². The largest absolute Gasteiger partial charge is 0.355 e. The van der Waals surface area contributed by atoms with Crippen molar-refractivity contribution >= 4 is 28.3 Å². The molecule has 2 atom stereocenters. The Hall–Kier alpha value is -1.70. The maximum absolute atomic E-state index is 11.9. The molecule has 0 spiro atoms. The van der Waals surface area contributed by atoms with Gasteiger partial charge in [0, 0.05) is 61.6 Å². The van der Waals surface area contributed by atoms with Crippen LogP contribution in [0.25, 0.3) is 0 Å². The Morgan fingerprint density at radius 3 is 2.65 bits per heavy atom. The van der Waals surface area contributed by atoms with Crippen LogP contribution in [0.1, 0.15) is 6.92 Å². The van der Waals surface area contributed by atoms with Crippen LogP contribution in [-0.4, -0.2) is 76.3 Å². The average Bonchev–Trinajstić information content (AvgIpc) is 2.70. The van der Waals surface area contributed by atoms with Crippen LogP contribution in [0.5, 0.6) is 0 Å². The molecule has 2 saturated heterocycles. The van der Waals surface area contributed by atoms with Gasteiger partial charge in [-0.15, -0.1) is 0 Å². The second-order valence-corrected chi connectivity index (χ2v) is 7.95. The Bertz CT molecular complexity index is 611. The van der Waals surface area contributed by atoms with Crippen LogP contribution in [0, 0.1) is 5.92 Å². The minimum Gasteiger partial charge on any atom is -0.355 e. The van der Waals surface area contributed by atoms with Gasteiger partial charge in [-0.2, -0.15) is 0 Å². The fourth-order valence-electron chi connectivity index (χ4n) is 2.98. The van der Waals surface area contributed by atoms with Crippen molar-refractivity contribution in [2.45, 2.75) is 6.92 Å². The number of amides is 1. The summed E-state index contributed by atoms with van der Waals surface area (Å²) in [5.74, 6) is 3.55. The highest BCUT2D eigenvalue weighted by Crippen LogP contribution is 2.21. The normalized spacial score (nSPS) is 26.3. The third-order valence-electron chi connectivity index (χ3n) is 4.33. The molecule has 2 aliphatic heterocycles. The number of piperazine rings is 1. The molecule has 1 amide bonds. The van der Waals surface area contributed by atoms with Crippen LogP contribution >= 0.6 is 0 Å². The van der Waals surface area contributed by atoms with Gasteiger partial charge in [0.05, 0.1) is 6.54 Å². The number of carbonyl (C=O) groups excluding carboxylic acids is 1. The van der Waals surface area contributed by atoms with Crippen LogP contribution < -0.4 is 9.80 Å². The summed E-state index contributed by atoms with van der Waals surface area (Å²) in [7, 11) is 1.08. The van der Waals surface area contributed by atoms with Crippen molar-refractivity contribution in [3.05, 3.63) is 12.4 Å². The molecule has 3 rings (SSSR count). The highest BCUT2D eigenvalue weighted by Gasteiger charge is 2.24. The molecule has 2 unspecified atom stereocenters. The van der Waals surface area contributed by atoms with E-state index in [2.05, 4.69) is 21.8 Å². The second-order valence-electron chi connectivity index (χ2n) is 6.33. The Labute approximate surface area is 139 Å². The Kier molecular flexibility index (Phi) is 4.79. The van der Waals surface area contributed by atoms with E-state index in [4.69, 9.17) is 0 Å². The first kappa shape index (κ1) is 16.2. The highest BCUT2D eigenvalue weighted by atomic mass is 32.2. The van der Waals surface area contributed by atoms with Crippen LogP contribution in [0.15, 0.2) is 12.4 Å². The van der Waals surface area contributed by atoms with Gasteiger partial charge < -0.3 is 14.7 Å². The molecule has 126 valence electrons. The molecule has 0 saturated carbocycles. The predicted molar refractivity (Wildman–Crippen MR) is 91.1 cm³/mol. The summed E-state index contributed by atoms with van der Waals surface area (Å²) in [5, 5.41) is 0. The van der Waals surface area contributed by atoms with E-state index in [0.717, 1.165) is 37.0 Å². The summed E-state index contributed by atoms with van der Waals surface area (Å²) in [5.41, 5.74) is 0. The van der Waals surface area contributed by atoms with E-state index >= 15 is 0 Å². The van der Waals surface area contributed by atoms with E-state index in [-0.39, 0.29) is 5.91 Å². The Morgan fingerprint density at radius 2 is 1.91 bits per heavy atom. The molecule has 0 N–H and O–H groups in total. The molecule has 2 fully saturated rings. The van der Waals surface area contributed by atoms with E-state index in [0.29, 0.717) is 24.8 Å². The molecule has 0 aromatic carbocycles. The van der Waals surface area contributed by atoms with E-state index in [1.54, 1.807) is 11.2 Å². The fraction of sp³-hybridized carbons (Fsp3) is 0.667. The summed E-state index contributed by atoms with van der Waals surface area (Å²) in [6.45, 7) is 5.56. The maximum Gasteiger partial charge on any atom is 0.241 e. The molecule has 0 radical (unpaired) electrons. The number of hydrogen-bond acceptors (Lipinski definition) is 6. The lowest BCUT2D eigenvalue weighted by Gasteiger charge is -2.33. The first-order valence-electron chi connectivity index (χ1n) is 7.94. The van der Waals surface area contributed by atoms with Crippen molar-refractivity contribution in [2.24, 2.45) is 5.92 Å². The van der Waals surface area contributed by atoms with E-state index in [1.165, 1.54) is 0 Å². The van der Waals surface area contributed by atoms with Crippen molar-refractivity contribution in [3.63, 3.8) is 0 Å². The molecule has 23 heavy (non-hydrogen) atoms. The van der Waals surface area contributed by atoms with Gasteiger partial charge in [0.25, 0.3) is 0 Å². The molecule has 3 heterocycles. The number of anilines is 2. The zero-order chi connectivity index (χ0) is 16.4. The van der Waals surface area contributed by atoms with Crippen molar-refractivity contribution in [1.82, 2.24) is 14.9 Å². The lowest BCUT2D eigenvalue weighted by atomic mass is 10.2. The van der Waals surface area contributed by atoms with Crippen molar-refractivity contribution in [3.8, 4) is 0 Å². The molecular formula is C15H23N5O2S. The van der Waals surface area contributed by atoms with Gasteiger partial charge >= 0.3 is 0 Å². The number of likely N-dealkylation sites (N-methyl/N-ethyl adjacent to an activating group) is 1. The van der Waals surface area contributed by atoms with Crippen LogP contribution in [0.4, 0.5) is 11.6 Å². The number of aromatic nitrogens is 2. The standard InChI is InChI=1S/C15H23N5O2S/c1-12-8-20(5-6-23(22)10-12)14-7-13(16-11-17-14)19-4-3-18(2)15(21)9-19/h7,11-12H,3-6,8-10H2,1-2H3. The lowest BCUT2D eigenvalue weighted by Crippen LogP contribution is -2.48. The molecule has 1 aromatic rings. The molecule has 8 heteroatoms. The molecule has 0 bridgehead atoms. The summed E-state index contributed by atoms with van der Waals surface area (Å²) >= 11 is 0. The SMILES string of the molecule is CC1CN(c2cc(N3CCN(C)C(=O)C3)ncn2)CCS(=O)C1. The molecule has 0 aliphatic carbocycles. The lowest BCUT2D eigenvalue weighted by molar-refractivity contribution is -0.129. The van der Waals surface area contributed by atoms with E-state index < -0.39 is 10.8 Å². The van der Waals surface area contributed by atoms with Gasteiger partial charge in [-0.05, 0) is 5.92 Å². The van der Waals surface area contributed by atoms with Crippen LogP contribution in [-0.2, 0) is 15.6 Å². The summed E-state index contributed by atoms with van der Waals surface area (Å²) < 4.78 is 11.9. The Morgan fingerprint density at radius 1 is 1.17 bits per heavy atom. The number of nitrogens with zero attached hydrogens (tertiary/aromatic N) is 5. The van der Waals surface area contributed by atoms with Gasteiger partial charge in [0.1, 0.15) is 18.0 Å². The van der Waals surface area contributed by atoms with Gasteiger partial charge in [0.15, 0.2) is 0 Å². The van der Waals surface area contributed by atoms with Crippen molar-refractivity contribution < 1.29 is 9.00 Å². The first-order valence-corrected chi connectivity index (χ1v) is 9.42. The van der Waals surface area contributed by atoms with Gasteiger partial charge in [-0.25, -0.2) is 9.97 Å². The molecule has 1 aromatic heterocycles. The Balaban J connectivity index is 1.77. The van der Waals surface area contributed by atoms with Crippen LogP contribution in [0.3, 0.4) is 0 Å². The van der Waals surface area contributed by atoms with Crippen molar-refractivity contribution in [2.75, 3.05) is 61.1 Å². The zero-order valence-corrected chi connectivity index (χ0v) is 14.5. The average molecular weight is 337 g/mol. The molecule has 2 aliphatic rings. The summed E-state index contributed by atoms with van der Waals surface area (Å²) in [6, 6.07) is 1.94.